The van der Waals surface area contributed by atoms with Gasteiger partial charge in [-0.2, -0.15) is 0 Å². The van der Waals surface area contributed by atoms with Crippen molar-refractivity contribution in [2.45, 2.75) is 38.3 Å². The maximum absolute atomic E-state index is 12.7. The van der Waals surface area contributed by atoms with Gasteiger partial charge in [-0.15, -0.1) is 0 Å². The minimum atomic E-state index is 0.221. The molecule has 1 N–H and O–H groups in total. The molecule has 4 nitrogen and oxygen atoms in total. The van der Waals surface area contributed by atoms with Gasteiger partial charge in [0.05, 0.1) is 0 Å². The summed E-state index contributed by atoms with van der Waals surface area (Å²) in [6.45, 7) is 2.67. The van der Waals surface area contributed by atoms with Gasteiger partial charge in [0.15, 0.2) is 0 Å². The number of piperidine rings is 1. The second-order valence-corrected chi connectivity index (χ2v) is 5.58. The molecule has 1 aromatic rings. The standard InChI is InChI=1S/C15H21N3O/c19-15(13-5-8-16-9-6-13)18(14-3-4-14)11-12-2-1-7-17-10-12/h1-2,7,10,13-14,16H,3-6,8-9,11H2. The van der Waals surface area contributed by atoms with E-state index in [4.69, 9.17) is 0 Å². The molecule has 0 aromatic carbocycles. The zero-order valence-corrected chi connectivity index (χ0v) is 11.2. The lowest BCUT2D eigenvalue weighted by atomic mass is 9.96. The summed E-state index contributed by atoms with van der Waals surface area (Å²) in [5, 5.41) is 3.32. The lowest BCUT2D eigenvalue weighted by Crippen LogP contribution is -2.41. The number of carbonyl (C=O) groups excluding carboxylic acids is 1. The normalized spacial score (nSPS) is 20.2. The van der Waals surface area contributed by atoms with Crippen LogP contribution in [0.3, 0.4) is 0 Å². The van der Waals surface area contributed by atoms with Crippen molar-refractivity contribution >= 4 is 5.91 Å². The molecule has 0 spiro atoms. The second kappa shape index (κ2) is 5.70. The zero-order valence-electron chi connectivity index (χ0n) is 11.2. The number of carbonyl (C=O) groups is 1. The third kappa shape index (κ3) is 3.13. The van der Waals surface area contributed by atoms with Crippen LogP contribution in [0.15, 0.2) is 24.5 Å². The summed E-state index contributed by atoms with van der Waals surface area (Å²) in [7, 11) is 0. The van der Waals surface area contributed by atoms with E-state index in [0.29, 0.717) is 11.9 Å². The van der Waals surface area contributed by atoms with Gasteiger partial charge in [0, 0.05) is 30.9 Å². The van der Waals surface area contributed by atoms with Crippen LogP contribution in [-0.4, -0.2) is 34.9 Å². The molecule has 0 bridgehead atoms. The Morgan fingerprint density at radius 2 is 2.11 bits per heavy atom. The quantitative estimate of drug-likeness (QED) is 0.892. The van der Waals surface area contributed by atoms with Gasteiger partial charge in [-0.1, -0.05) is 6.07 Å². The van der Waals surface area contributed by atoms with E-state index in [1.807, 2.05) is 12.3 Å². The minimum Gasteiger partial charge on any atom is -0.335 e. The molecule has 0 atom stereocenters. The van der Waals surface area contributed by atoms with Gasteiger partial charge in [0.1, 0.15) is 0 Å². The summed E-state index contributed by atoms with van der Waals surface area (Å²) >= 11 is 0. The van der Waals surface area contributed by atoms with Crippen LogP contribution in [0.1, 0.15) is 31.2 Å². The van der Waals surface area contributed by atoms with Crippen molar-refractivity contribution in [3.63, 3.8) is 0 Å². The number of pyridine rings is 1. The molecule has 1 aliphatic carbocycles. The fourth-order valence-electron chi connectivity index (χ4n) is 2.76. The molecular formula is C15H21N3O. The maximum Gasteiger partial charge on any atom is 0.226 e. The fourth-order valence-corrected chi connectivity index (χ4v) is 2.76. The van der Waals surface area contributed by atoms with Crippen molar-refractivity contribution < 1.29 is 4.79 Å². The fraction of sp³-hybridized carbons (Fsp3) is 0.600. The number of nitrogens with one attached hydrogen (secondary N) is 1. The molecular weight excluding hydrogens is 238 g/mol. The van der Waals surface area contributed by atoms with E-state index in [0.717, 1.165) is 50.9 Å². The highest BCUT2D eigenvalue weighted by molar-refractivity contribution is 5.79. The summed E-state index contributed by atoms with van der Waals surface area (Å²) in [6.07, 6.45) is 7.93. The highest BCUT2D eigenvalue weighted by Crippen LogP contribution is 2.31. The summed E-state index contributed by atoms with van der Waals surface area (Å²) in [4.78, 5) is 18.9. The Labute approximate surface area is 114 Å². The predicted octanol–water partition coefficient (Wildman–Crippen LogP) is 1.57. The zero-order chi connectivity index (χ0) is 13.1. The van der Waals surface area contributed by atoms with Crippen molar-refractivity contribution in [3.8, 4) is 0 Å². The molecule has 1 aliphatic heterocycles. The number of hydrogen-bond donors (Lipinski definition) is 1. The maximum atomic E-state index is 12.7. The largest absolute Gasteiger partial charge is 0.335 e. The van der Waals surface area contributed by atoms with Gasteiger partial charge < -0.3 is 10.2 Å². The monoisotopic (exact) mass is 259 g/mol. The van der Waals surface area contributed by atoms with Crippen LogP contribution in [0, 0.1) is 5.92 Å². The molecule has 0 radical (unpaired) electrons. The number of nitrogens with zero attached hydrogens (tertiary/aromatic N) is 2. The topological polar surface area (TPSA) is 45.2 Å². The third-order valence-electron chi connectivity index (χ3n) is 4.03. The van der Waals surface area contributed by atoms with Crippen LogP contribution in [0.4, 0.5) is 0 Å². The Kier molecular flexibility index (Phi) is 3.78. The second-order valence-electron chi connectivity index (χ2n) is 5.58. The lowest BCUT2D eigenvalue weighted by molar-refractivity contribution is -0.137. The van der Waals surface area contributed by atoms with Gasteiger partial charge in [0.25, 0.3) is 0 Å². The molecule has 2 aliphatic rings. The molecule has 19 heavy (non-hydrogen) atoms. The van der Waals surface area contributed by atoms with Crippen molar-refractivity contribution in [3.05, 3.63) is 30.1 Å². The van der Waals surface area contributed by atoms with Crippen LogP contribution >= 0.6 is 0 Å². The molecule has 0 unspecified atom stereocenters. The Morgan fingerprint density at radius 3 is 2.74 bits per heavy atom. The molecule has 1 saturated carbocycles. The number of rotatable bonds is 4. The number of amides is 1. The Morgan fingerprint density at radius 1 is 1.32 bits per heavy atom. The van der Waals surface area contributed by atoms with Crippen LogP contribution in [0.5, 0.6) is 0 Å². The molecule has 1 saturated heterocycles. The first-order valence-electron chi connectivity index (χ1n) is 7.24. The molecule has 2 fully saturated rings. The van der Waals surface area contributed by atoms with E-state index >= 15 is 0 Å². The van der Waals surface area contributed by atoms with E-state index in [2.05, 4.69) is 21.3 Å². The Bertz CT molecular complexity index is 424. The molecule has 2 heterocycles. The highest BCUT2D eigenvalue weighted by atomic mass is 16.2. The van der Waals surface area contributed by atoms with Crippen LogP contribution < -0.4 is 5.32 Å². The Hall–Kier alpha value is -1.42. The lowest BCUT2D eigenvalue weighted by Gasteiger charge is -2.29. The SMILES string of the molecule is O=C(C1CCNCC1)N(Cc1cccnc1)C1CC1. The van der Waals surface area contributed by atoms with E-state index in [1.54, 1.807) is 6.20 Å². The summed E-state index contributed by atoms with van der Waals surface area (Å²) in [6, 6.07) is 4.47. The smallest absolute Gasteiger partial charge is 0.226 e. The van der Waals surface area contributed by atoms with Crippen LogP contribution in [0.2, 0.25) is 0 Å². The predicted molar refractivity (Wildman–Crippen MR) is 73.4 cm³/mol. The van der Waals surface area contributed by atoms with Crippen LogP contribution in [0.25, 0.3) is 0 Å². The molecule has 3 rings (SSSR count). The first kappa shape index (κ1) is 12.6. The van der Waals surface area contributed by atoms with E-state index in [-0.39, 0.29) is 5.92 Å². The van der Waals surface area contributed by atoms with Crippen molar-refractivity contribution in [1.82, 2.24) is 15.2 Å². The minimum absolute atomic E-state index is 0.221. The van der Waals surface area contributed by atoms with Gasteiger partial charge >= 0.3 is 0 Å². The first-order chi connectivity index (χ1) is 9.34. The van der Waals surface area contributed by atoms with Crippen molar-refractivity contribution in [1.29, 1.82) is 0 Å². The van der Waals surface area contributed by atoms with E-state index in [1.165, 1.54) is 0 Å². The number of aromatic nitrogens is 1. The summed E-state index contributed by atoms with van der Waals surface area (Å²) in [5.74, 6) is 0.575. The van der Waals surface area contributed by atoms with Crippen molar-refractivity contribution in [2.24, 2.45) is 5.92 Å². The average molecular weight is 259 g/mol. The Balaban J connectivity index is 1.68. The molecule has 1 amide bonds. The molecule has 102 valence electrons. The van der Waals surface area contributed by atoms with E-state index in [9.17, 15) is 4.79 Å². The highest BCUT2D eigenvalue weighted by Gasteiger charge is 2.36. The first-order valence-corrected chi connectivity index (χ1v) is 7.24. The summed E-state index contributed by atoms with van der Waals surface area (Å²) < 4.78 is 0. The average Bonchev–Trinajstić information content (AvgIpc) is 3.31. The van der Waals surface area contributed by atoms with Crippen molar-refractivity contribution in [2.75, 3.05) is 13.1 Å². The van der Waals surface area contributed by atoms with Crippen LogP contribution in [-0.2, 0) is 11.3 Å². The van der Waals surface area contributed by atoms with Gasteiger partial charge in [-0.05, 0) is 50.4 Å². The van der Waals surface area contributed by atoms with Gasteiger partial charge in [0.2, 0.25) is 5.91 Å². The third-order valence-corrected chi connectivity index (χ3v) is 4.03. The van der Waals surface area contributed by atoms with E-state index < -0.39 is 0 Å². The van der Waals surface area contributed by atoms with Gasteiger partial charge in [-0.3, -0.25) is 9.78 Å². The molecule has 4 heteroatoms. The molecule has 1 aromatic heterocycles. The number of hydrogen-bond acceptors (Lipinski definition) is 3. The summed E-state index contributed by atoms with van der Waals surface area (Å²) in [5.41, 5.74) is 1.14. The van der Waals surface area contributed by atoms with Gasteiger partial charge in [-0.25, -0.2) is 0 Å².